The third kappa shape index (κ3) is 1.81. The van der Waals surface area contributed by atoms with E-state index in [1.807, 2.05) is 19.9 Å². The van der Waals surface area contributed by atoms with Gasteiger partial charge in [-0.1, -0.05) is 0 Å². The highest BCUT2D eigenvalue weighted by molar-refractivity contribution is 5.59. The largest absolute Gasteiger partial charge is 0.368 e. The molecular weight excluding hydrogens is 227 g/mol. The Labute approximate surface area is 108 Å². The summed E-state index contributed by atoms with van der Waals surface area (Å²) < 4.78 is 13.7. The number of rotatable bonds is 2. The molecule has 1 saturated heterocycles. The van der Waals surface area contributed by atoms with Crippen LogP contribution in [0, 0.1) is 18.7 Å². The summed E-state index contributed by atoms with van der Waals surface area (Å²) in [5.74, 6) is 0.691. The average Bonchev–Trinajstić information content (AvgIpc) is 2.93. The Balaban J connectivity index is 2.02. The highest BCUT2D eigenvalue weighted by Gasteiger charge is 2.38. The predicted octanol–water partition coefficient (Wildman–Crippen LogP) is 3.14. The molecule has 1 aliphatic carbocycles. The standard InChI is InChI=1S/C15H21FN2/c1-9-5-15(13(10(2)17)7-14(9)16)18-8-11-3-4-12(18)6-11/h5,7,10-12H,3-4,6,8,17H2,1-2H3. The smallest absolute Gasteiger partial charge is 0.126 e. The van der Waals surface area contributed by atoms with Crippen molar-refractivity contribution in [2.75, 3.05) is 11.4 Å². The lowest BCUT2D eigenvalue weighted by Crippen LogP contribution is -2.33. The van der Waals surface area contributed by atoms with Crippen LogP contribution < -0.4 is 10.6 Å². The fraction of sp³-hybridized carbons (Fsp3) is 0.600. The molecule has 2 bridgehead atoms. The van der Waals surface area contributed by atoms with Gasteiger partial charge in [-0.15, -0.1) is 0 Å². The van der Waals surface area contributed by atoms with E-state index in [1.165, 1.54) is 19.3 Å². The van der Waals surface area contributed by atoms with Crippen molar-refractivity contribution < 1.29 is 4.39 Å². The maximum absolute atomic E-state index is 13.7. The van der Waals surface area contributed by atoms with Crippen LogP contribution in [0.3, 0.4) is 0 Å². The van der Waals surface area contributed by atoms with Crippen molar-refractivity contribution in [2.45, 2.75) is 45.2 Å². The molecule has 2 fully saturated rings. The van der Waals surface area contributed by atoms with Gasteiger partial charge < -0.3 is 10.6 Å². The summed E-state index contributed by atoms with van der Waals surface area (Å²) in [7, 11) is 0. The van der Waals surface area contributed by atoms with E-state index in [1.54, 1.807) is 6.07 Å². The van der Waals surface area contributed by atoms with Gasteiger partial charge in [0.25, 0.3) is 0 Å². The van der Waals surface area contributed by atoms with Gasteiger partial charge in [0.2, 0.25) is 0 Å². The van der Waals surface area contributed by atoms with Crippen LogP contribution in [-0.2, 0) is 0 Å². The summed E-state index contributed by atoms with van der Waals surface area (Å²) in [6.45, 7) is 4.88. The van der Waals surface area contributed by atoms with Crippen LogP contribution in [-0.4, -0.2) is 12.6 Å². The molecule has 18 heavy (non-hydrogen) atoms. The highest BCUT2D eigenvalue weighted by atomic mass is 19.1. The number of aryl methyl sites for hydroxylation is 1. The first kappa shape index (κ1) is 12.0. The van der Waals surface area contributed by atoms with Gasteiger partial charge in [0.15, 0.2) is 0 Å². The molecule has 0 amide bonds. The first-order valence-electron chi connectivity index (χ1n) is 6.88. The molecule has 2 aliphatic rings. The zero-order valence-electron chi connectivity index (χ0n) is 11.1. The van der Waals surface area contributed by atoms with Crippen LogP contribution in [0.1, 0.15) is 43.4 Å². The fourth-order valence-corrected chi connectivity index (χ4v) is 3.51. The number of nitrogens with zero attached hydrogens (tertiary/aromatic N) is 1. The second kappa shape index (κ2) is 4.23. The maximum atomic E-state index is 13.7. The lowest BCUT2D eigenvalue weighted by Gasteiger charge is -2.32. The van der Waals surface area contributed by atoms with Crippen molar-refractivity contribution in [3.8, 4) is 0 Å². The van der Waals surface area contributed by atoms with Crippen LogP contribution in [0.2, 0.25) is 0 Å². The highest BCUT2D eigenvalue weighted by Crippen LogP contribution is 2.42. The Morgan fingerprint density at radius 3 is 2.72 bits per heavy atom. The SMILES string of the molecule is Cc1cc(N2CC3CCC2C3)c(C(C)N)cc1F. The van der Waals surface area contributed by atoms with Crippen molar-refractivity contribution in [3.63, 3.8) is 0 Å². The number of nitrogens with two attached hydrogens (primary N) is 1. The molecule has 3 atom stereocenters. The van der Waals surface area contributed by atoms with Gasteiger partial charge >= 0.3 is 0 Å². The van der Waals surface area contributed by atoms with E-state index in [-0.39, 0.29) is 11.9 Å². The monoisotopic (exact) mass is 248 g/mol. The fourth-order valence-electron chi connectivity index (χ4n) is 3.51. The van der Waals surface area contributed by atoms with Gasteiger partial charge in [-0.3, -0.25) is 0 Å². The molecule has 0 aromatic heterocycles. The summed E-state index contributed by atoms with van der Waals surface area (Å²) in [4.78, 5) is 2.46. The second-order valence-electron chi connectivity index (χ2n) is 5.93. The zero-order valence-corrected chi connectivity index (χ0v) is 11.1. The molecule has 2 N–H and O–H groups in total. The average molecular weight is 248 g/mol. The minimum atomic E-state index is -0.143. The molecule has 0 radical (unpaired) electrons. The molecule has 1 aromatic carbocycles. The van der Waals surface area contributed by atoms with Crippen LogP contribution >= 0.6 is 0 Å². The van der Waals surface area contributed by atoms with Gasteiger partial charge in [0.1, 0.15) is 5.82 Å². The molecule has 3 heteroatoms. The Kier molecular flexibility index (Phi) is 2.81. The van der Waals surface area contributed by atoms with Crippen molar-refractivity contribution in [1.29, 1.82) is 0 Å². The van der Waals surface area contributed by atoms with E-state index < -0.39 is 0 Å². The molecule has 1 aromatic rings. The Morgan fingerprint density at radius 2 is 2.17 bits per heavy atom. The molecule has 98 valence electrons. The number of halogens is 1. The topological polar surface area (TPSA) is 29.3 Å². The van der Waals surface area contributed by atoms with E-state index in [0.29, 0.717) is 6.04 Å². The Morgan fingerprint density at radius 1 is 1.39 bits per heavy atom. The predicted molar refractivity (Wildman–Crippen MR) is 72.2 cm³/mol. The first-order valence-corrected chi connectivity index (χ1v) is 6.88. The van der Waals surface area contributed by atoms with E-state index >= 15 is 0 Å². The van der Waals surface area contributed by atoms with Crippen LogP contribution in [0.5, 0.6) is 0 Å². The van der Waals surface area contributed by atoms with Crippen LogP contribution in [0.15, 0.2) is 12.1 Å². The number of fused-ring (bicyclic) bond motifs is 2. The van der Waals surface area contributed by atoms with Crippen molar-refractivity contribution in [2.24, 2.45) is 11.7 Å². The van der Waals surface area contributed by atoms with Crippen molar-refractivity contribution >= 4 is 5.69 Å². The third-order valence-corrected chi connectivity index (χ3v) is 4.52. The zero-order chi connectivity index (χ0) is 12.9. The van der Waals surface area contributed by atoms with Gasteiger partial charge in [-0.25, -0.2) is 4.39 Å². The molecule has 1 saturated carbocycles. The van der Waals surface area contributed by atoms with E-state index in [9.17, 15) is 4.39 Å². The minimum absolute atomic E-state index is 0.116. The van der Waals surface area contributed by atoms with Crippen molar-refractivity contribution in [3.05, 3.63) is 29.1 Å². The molecule has 2 nitrogen and oxygen atoms in total. The van der Waals surface area contributed by atoms with Gasteiger partial charge in [0, 0.05) is 24.3 Å². The molecule has 1 aliphatic heterocycles. The van der Waals surface area contributed by atoms with Crippen molar-refractivity contribution in [1.82, 2.24) is 0 Å². The van der Waals surface area contributed by atoms with E-state index in [4.69, 9.17) is 5.73 Å². The molecule has 1 heterocycles. The van der Waals surface area contributed by atoms with Crippen LogP contribution in [0.25, 0.3) is 0 Å². The number of piperidine rings is 1. The van der Waals surface area contributed by atoms with E-state index in [0.717, 1.165) is 29.3 Å². The Hall–Kier alpha value is -1.09. The summed E-state index contributed by atoms with van der Waals surface area (Å²) in [5.41, 5.74) is 8.84. The third-order valence-electron chi connectivity index (χ3n) is 4.52. The maximum Gasteiger partial charge on any atom is 0.126 e. The van der Waals surface area contributed by atoms with Gasteiger partial charge in [0.05, 0.1) is 0 Å². The van der Waals surface area contributed by atoms with Gasteiger partial charge in [-0.2, -0.15) is 0 Å². The number of hydrogen-bond donors (Lipinski definition) is 1. The summed E-state index contributed by atoms with van der Waals surface area (Å²) in [6, 6.07) is 4.14. The number of benzene rings is 1. The lowest BCUT2D eigenvalue weighted by molar-refractivity contribution is 0.550. The molecular formula is C15H21FN2. The first-order chi connectivity index (χ1) is 8.56. The summed E-state index contributed by atoms with van der Waals surface area (Å²) in [5, 5.41) is 0. The molecule has 3 unspecified atom stereocenters. The lowest BCUT2D eigenvalue weighted by atomic mass is 10.0. The summed E-state index contributed by atoms with van der Waals surface area (Å²) in [6.07, 6.45) is 3.93. The van der Waals surface area contributed by atoms with Gasteiger partial charge in [-0.05, 0) is 62.3 Å². The van der Waals surface area contributed by atoms with E-state index in [2.05, 4.69) is 4.90 Å². The number of hydrogen-bond acceptors (Lipinski definition) is 2. The Bertz CT molecular complexity index is 470. The van der Waals surface area contributed by atoms with Crippen LogP contribution in [0.4, 0.5) is 10.1 Å². The molecule has 0 spiro atoms. The molecule has 3 rings (SSSR count). The number of anilines is 1. The summed E-state index contributed by atoms with van der Waals surface area (Å²) >= 11 is 0. The second-order valence-corrected chi connectivity index (χ2v) is 5.93. The minimum Gasteiger partial charge on any atom is -0.368 e. The quantitative estimate of drug-likeness (QED) is 0.871. The normalized spacial score (nSPS) is 27.9.